The van der Waals surface area contributed by atoms with Gasteiger partial charge in [-0.3, -0.25) is 0 Å². The molecule has 4 heteroatoms. The fraction of sp³-hybridized carbons (Fsp3) is 0.417. The summed E-state index contributed by atoms with van der Waals surface area (Å²) in [5.74, 6) is 0. The van der Waals surface area contributed by atoms with Gasteiger partial charge in [0.2, 0.25) is 0 Å². The Morgan fingerprint density at radius 2 is 2.12 bits per heavy atom. The molecule has 2 aromatic rings. The maximum Gasteiger partial charge on any atom is 0.137 e. The zero-order chi connectivity index (χ0) is 11.9. The highest BCUT2D eigenvalue weighted by atomic mass is 16.3. The standard InChI is InChI=1S/C12H16N2O2/c1-8-4-5-14-9(7-13-10(14)6-8)11(15)12(2,3)16/h4-7,11,15-16H,1-3H3. The van der Waals surface area contributed by atoms with Crippen molar-refractivity contribution in [1.82, 2.24) is 9.38 Å². The van der Waals surface area contributed by atoms with E-state index in [0.717, 1.165) is 11.2 Å². The van der Waals surface area contributed by atoms with Crippen LogP contribution in [0.3, 0.4) is 0 Å². The molecule has 86 valence electrons. The van der Waals surface area contributed by atoms with E-state index in [0.29, 0.717) is 5.69 Å². The maximum atomic E-state index is 10.0. The zero-order valence-electron chi connectivity index (χ0n) is 9.68. The van der Waals surface area contributed by atoms with Crippen LogP contribution >= 0.6 is 0 Å². The van der Waals surface area contributed by atoms with E-state index in [1.54, 1.807) is 24.4 Å². The summed E-state index contributed by atoms with van der Waals surface area (Å²) < 4.78 is 1.79. The van der Waals surface area contributed by atoms with Crippen LogP contribution in [0.15, 0.2) is 24.5 Å². The molecule has 0 bridgehead atoms. The Morgan fingerprint density at radius 3 is 2.75 bits per heavy atom. The van der Waals surface area contributed by atoms with Crippen LogP contribution in [0.25, 0.3) is 5.65 Å². The summed E-state index contributed by atoms with van der Waals surface area (Å²) >= 11 is 0. The SMILES string of the molecule is Cc1ccn2c(C(O)C(C)(C)O)cnc2c1. The predicted octanol–water partition coefficient (Wildman–Crippen LogP) is 1.45. The van der Waals surface area contributed by atoms with Crippen molar-refractivity contribution in [2.75, 3.05) is 0 Å². The van der Waals surface area contributed by atoms with Crippen LogP contribution < -0.4 is 0 Å². The van der Waals surface area contributed by atoms with Gasteiger partial charge in [-0.05, 0) is 38.5 Å². The van der Waals surface area contributed by atoms with E-state index >= 15 is 0 Å². The van der Waals surface area contributed by atoms with E-state index < -0.39 is 11.7 Å². The van der Waals surface area contributed by atoms with Gasteiger partial charge >= 0.3 is 0 Å². The normalized spacial score (nSPS) is 14.3. The Morgan fingerprint density at radius 1 is 1.44 bits per heavy atom. The number of nitrogens with zero attached hydrogens (tertiary/aromatic N) is 2. The molecule has 0 spiro atoms. The third-order valence-electron chi connectivity index (χ3n) is 2.65. The van der Waals surface area contributed by atoms with Gasteiger partial charge in [0.25, 0.3) is 0 Å². The molecule has 2 heterocycles. The number of imidazole rings is 1. The summed E-state index contributed by atoms with van der Waals surface area (Å²) in [6.45, 7) is 5.14. The third kappa shape index (κ3) is 1.81. The molecule has 0 aliphatic heterocycles. The number of aliphatic hydroxyl groups is 2. The molecule has 0 aromatic carbocycles. The Kier molecular flexibility index (Phi) is 2.48. The van der Waals surface area contributed by atoms with E-state index in [2.05, 4.69) is 4.98 Å². The topological polar surface area (TPSA) is 57.8 Å². The fourth-order valence-electron chi connectivity index (χ4n) is 1.67. The Labute approximate surface area is 94.2 Å². The molecular weight excluding hydrogens is 204 g/mol. The average Bonchev–Trinajstić information content (AvgIpc) is 2.57. The van der Waals surface area contributed by atoms with Crippen LogP contribution in [0.5, 0.6) is 0 Å². The number of fused-ring (bicyclic) bond motifs is 1. The van der Waals surface area contributed by atoms with Crippen LogP contribution in [0.1, 0.15) is 31.2 Å². The molecule has 2 rings (SSSR count). The molecule has 0 amide bonds. The number of hydrogen-bond donors (Lipinski definition) is 2. The largest absolute Gasteiger partial charge is 0.387 e. The molecule has 0 saturated heterocycles. The quantitative estimate of drug-likeness (QED) is 0.805. The van der Waals surface area contributed by atoms with Gasteiger partial charge in [-0.1, -0.05) is 0 Å². The molecule has 4 nitrogen and oxygen atoms in total. The monoisotopic (exact) mass is 220 g/mol. The van der Waals surface area contributed by atoms with Crippen molar-refractivity contribution < 1.29 is 10.2 Å². The highest BCUT2D eigenvalue weighted by molar-refractivity contribution is 5.43. The number of hydrogen-bond acceptors (Lipinski definition) is 3. The van der Waals surface area contributed by atoms with Gasteiger partial charge in [0.15, 0.2) is 0 Å². The molecule has 0 aliphatic carbocycles. The number of aryl methyl sites for hydroxylation is 1. The second-order valence-corrected chi connectivity index (χ2v) is 4.67. The lowest BCUT2D eigenvalue weighted by Crippen LogP contribution is -2.29. The lowest BCUT2D eigenvalue weighted by Gasteiger charge is -2.23. The second kappa shape index (κ2) is 3.57. The smallest absolute Gasteiger partial charge is 0.137 e. The van der Waals surface area contributed by atoms with Gasteiger partial charge in [-0.25, -0.2) is 4.98 Å². The van der Waals surface area contributed by atoms with E-state index in [-0.39, 0.29) is 0 Å². The van der Waals surface area contributed by atoms with Crippen LogP contribution in [0.4, 0.5) is 0 Å². The van der Waals surface area contributed by atoms with Gasteiger partial charge in [0.05, 0.1) is 17.5 Å². The molecule has 0 saturated carbocycles. The first-order chi connectivity index (χ1) is 7.39. The molecule has 2 N–H and O–H groups in total. The van der Waals surface area contributed by atoms with E-state index in [1.165, 1.54) is 0 Å². The minimum absolute atomic E-state index is 0.600. The molecule has 0 radical (unpaired) electrons. The lowest BCUT2D eigenvalue weighted by atomic mass is 10.00. The molecule has 0 fully saturated rings. The van der Waals surface area contributed by atoms with Crippen molar-refractivity contribution in [3.05, 3.63) is 35.8 Å². The number of aromatic nitrogens is 2. The zero-order valence-corrected chi connectivity index (χ0v) is 9.68. The Balaban J connectivity index is 2.54. The number of pyridine rings is 1. The minimum atomic E-state index is -1.18. The second-order valence-electron chi connectivity index (χ2n) is 4.67. The summed E-state index contributed by atoms with van der Waals surface area (Å²) in [5, 5.41) is 19.8. The summed E-state index contributed by atoms with van der Waals surface area (Å²) in [7, 11) is 0. The summed E-state index contributed by atoms with van der Waals surface area (Å²) in [5.41, 5.74) is 1.31. The molecule has 0 aliphatic rings. The van der Waals surface area contributed by atoms with E-state index in [4.69, 9.17) is 0 Å². The van der Waals surface area contributed by atoms with Gasteiger partial charge < -0.3 is 14.6 Å². The van der Waals surface area contributed by atoms with Crippen LogP contribution in [0, 0.1) is 6.92 Å². The van der Waals surface area contributed by atoms with Crippen LogP contribution in [-0.4, -0.2) is 25.2 Å². The van der Waals surface area contributed by atoms with Gasteiger partial charge in [-0.2, -0.15) is 0 Å². The van der Waals surface area contributed by atoms with Gasteiger partial charge in [0, 0.05) is 6.20 Å². The van der Waals surface area contributed by atoms with Crippen molar-refractivity contribution in [3.8, 4) is 0 Å². The van der Waals surface area contributed by atoms with Crippen molar-refractivity contribution in [2.45, 2.75) is 32.5 Å². The first-order valence-electron chi connectivity index (χ1n) is 5.23. The molecule has 16 heavy (non-hydrogen) atoms. The highest BCUT2D eigenvalue weighted by Crippen LogP contribution is 2.25. The Bertz CT molecular complexity index is 511. The Hall–Kier alpha value is -1.39. The van der Waals surface area contributed by atoms with Crippen molar-refractivity contribution >= 4 is 5.65 Å². The summed E-state index contributed by atoms with van der Waals surface area (Å²) in [6.07, 6.45) is 2.49. The average molecular weight is 220 g/mol. The molecular formula is C12H16N2O2. The number of rotatable bonds is 2. The summed E-state index contributed by atoms with van der Waals surface area (Å²) in [6, 6.07) is 3.87. The molecule has 2 aromatic heterocycles. The molecule has 1 unspecified atom stereocenters. The minimum Gasteiger partial charge on any atom is -0.387 e. The fourth-order valence-corrected chi connectivity index (χ4v) is 1.67. The van der Waals surface area contributed by atoms with Gasteiger partial charge in [-0.15, -0.1) is 0 Å². The third-order valence-corrected chi connectivity index (χ3v) is 2.65. The van der Waals surface area contributed by atoms with Crippen molar-refractivity contribution in [1.29, 1.82) is 0 Å². The van der Waals surface area contributed by atoms with Crippen LogP contribution in [0.2, 0.25) is 0 Å². The first-order valence-corrected chi connectivity index (χ1v) is 5.23. The van der Waals surface area contributed by atoms with Crippen LogP contribution in [-0.2, 0) is 0 Å². The van der Waals surface area contributed by atoms with Crippen molar-refractivity contribution in [2.24, 2.45) is 0 Å². The number of aliphatic hydroxyl groups excluding tert-OH is 1. The predicted molar refractivity (Wildman–Crippen MR) is 61.2 cm³/mol. The maximum absolute atomic E-state index is 10.0. The van der Waals surface area contributed by atoms with Crippen molar-refractivity contribution in [3.63, 3.8) is 0 Å². The first kappa shape index (κ1) is 11.1. The molecule has 1 atom stereocenters. The lowest BCUT2D eigenvalue weighted by molar-refractivity contribution is -0.0521. The van der Waals surface area contributed by atoms with E-state index in [1.807, 2.05) is 25.3 Å². The highest BCUT2D eigenvalue weighted by Gasteiger charge is 2.28. The summed E-state index contributed by atoms with van der Waals surface area (Å²) in [4.78, 5) is 4.21. The van der Waals surface area contributed by atoms with E-state index in [9.17, 15) is 10.2 Å². The van der Waals surface area contributed by atoms with Gasteiger partial charge in [0.1, 0.15) is 11.8 Å².